The Morgan fingerprint density at radius 2 is 1.22 bits per heavy atom. The molecular weight excluding hydrogens is 292 g/mol. The van der Waals surface area contributed by atoms with Crippen molar-refractivity contribution < 1.29 is 14.7 Å². The Balaban J connectivity index is 1.52. The van der Waals surface area contributed by atoms with Crippen molar-refractivity contribution in [3.05, 3.63) is 35.4 Å². The summed E-state index contributed by atoms with van der Waals surface area (Å²) in [6.07, 6.45) is 5.87. The number of aliphatic hydroxyl groups is 1. The number of aliphatic hydroxyl groups excluding tert-OH is 1. The van der Waals surface area contributed by atoms with Gasteiger partial charge in [0.15, 0.2) is 0 Å². The average molecular weight is 316 g/mol. The molecule has 1 aromatic rings. The van der Waals surface area contributed by atoms with Crippen LogP contribution in [0.15, 0.2) is 24.3 Å². The SMILES string of the molecule is O=C(NC1CCC(CO)CC1)c1ccc(C(=O)NC2CC2)cc1. The molecule has 2 aliphatic carbocycles. The minimum atomic E-state index is -0.0911. The molecule has 0 bridgehead atoms. The van der Waals surface area contributed by atoms with E-state index in [1.54, 1.807) is 24.3 Å². The van der Waals surface area contributed by atoms with E-state index in [9.17, 15) is 9.59 Å². The third-order valence-corrected chi connectivity index (χ3v) is 4.76. The second-order valence-corrected chi connectivity index (χ2v) is 6.70. The van der Waals surface area contributed by atoms with Gasteiger partial charge < -0.3 is 15.7 Å². The average Bonchev–Trinajstić information content (AvgIpc) is 3.39. The molecular formula is C18H24N2O3. The van der Waals surface area contributed by atoms with Gasteiger partial charge in [0.05, 0.1) is 0 Å². The molecule has 0 radical (unpaired) electrons. The number of nitrogens with one attached hydrogen (secondary N) is 2. The summed E-state index contributed by atoms with van der Waals surface area (Å²) >= 11 is 0. The lowest BCUT2D eigenvalue weighted by Gasteiger charge is -2.27. The molecule has 2 fully saturated rings. The number of amides is 2. The molecule has 2 aliphatic rings. The van der Waals surface area contributed by atoms with Crippen LogP contribution in [-0.2, 0) is 0 Å². The van der Waals surface area contributed by atoms with Gasteiger partial charge in [0, 0.05) is 29.8 Å². The molecule has 2 amide bonds. The Labute approximate surface area is 136 Å². The van der Waals surface area contributed by atoms with E-state index in [2.05, 4.69) is 10.6 Å². The maximum absolute atomic E-state index is 12.3. The summed E-state index contributed by atoms with van der Waals surface area (Å²) in [5, 5.41) is 15.1. The third kappa shape index (κ3) is 4.32. The van der Waals surface area contributed by atoms with Gasteiger partial charge in [0.1, 0.15) is 0 Å². The van der Waals surface area contributed by atoms with Gasteiger partial charge in [0.2, 0.25) is 0 Å². The molecule has 3 N–H and O–H groups in total. The van der Waals surface area contributed by atoms with E-state index in [1.807, 2.05) is 0 Å². The molecule has 0 aliphatic heterocycles. The molecule has 0 aromatic heterocycles. The predicted octanol–water partition coefficient (Wildman–Crippen LogP) is 1.86. The van der Waals surface area contributed by atoms with Crippen LogP contribution in [0.1, 0.15) is 59.2 Å². The van der Waals surface area contributed by atoms with Crippen molar-refractivity contribution in [1.29, 1.82) is 0 Å². The lowest BCUT2D eigenvalue weighted by Crippen LogP contribution is -2.38. The number of carbonyl (C=O) groups excluding carboxylic acids is 2. The maximum atomic E-state index is 12.3. The van der Waals surface area contributed by atoms with E-state index < -0.39 is 0 Å². The molecule has 1 aromatic carbocycles. The Morgan fingerprint density at radius 1 is 0.826 bits per heavy atom. The lowest BCUT2D eigenvalue weighted by atomic mass is 9.86. The predicted molar refractivity (Wildman–Crippen MR) is 87.2 cm³/mol. The molecule has 0 unspecified atom stereocenters. The summed E-state index contributed by atoms with van der Waals surface area (Å²) in [5.41, 5.74) is 1.18. The van der Waals surface area contributed by atoms with Gasteiger partial charge in [0.25, 0.3) is 11.8 Å². The first kappa shape index (κ1) is 16.0. The first-order valence-electron chi connectivity index (χ1n) is 8.48. The molecule has 0 heterocycles. The molecule has 2 saturated carbocycles. The molecule has 0 atom stereocenters. The molecule has 0 saturated heterocycles. The monoisotopic (exact) mass is 316 g/mol. The highest BCUT2D eigenvalue weighted by atomic mass is 16.3. The van der Waals surface area contributed by atoms with Crippen molar-refractivity contribution in [2.24, 2.45) is 5.92 Å². The summed E-state index contributed by atoms with van der Waals surface area (Å²) in [5.74, 6) is 0.223. The molecule has 23 heavy (non-hydrogen) atoms. The standard InChI is InChI=1S/C18H24N2O3/c21-11-12-1-7-15(8-2-12)19-17(22)13-3-5-14(6-4-13)18(23)20-16-9-10-16/h3-6,12,15-16,21H,1-2,7-11H2,(H,19,22)(H,20,23). The van der Waals surface area contributed by atoms with Crippen molar-refractivity contribution in [2.75, 3.05) is 6.61 Å². The van der Waals surface area contributed by atoms with Crippen LogP contribution in [0, 0.1) is 5.92 Å². The van der Waals surface area contributed by atoms with E-state index >= 15 is 0 Å². The zero-order valence-electron chi connectivity index (χ0n) is 13.3. The summed E-state index contributed by atoms with van der Waals surface area (Å²) in [6, 6.07) is 7.33. The fraction of sp³-hybridized carbons (Fsp3) is 0.556. The highest BCUT2D eigenvalue weighted by molar-refractivity contribution is 5.98. The minimum absolute atomic E-state index is 0.0678. The van der Waals surface area contributed by atoms with Crippen molar-refractivity contribution >= 4 is 11.8 Å². The van der Waals surface area contributed by atoms with Crippen LogP contribution < -0.4 is 10.6 Å². The second-order valence-electron chi connectivity index (χ2n) is 6.70. The maximum Gasteiger partial charge on any atom is 0.251 e. The first-order valence-corrected chi connectivity index (χ1v) is 8.48. The van der Waals surface area contributed by atoms with Gasteiger partial charge in [-0.25, -0.2) is 0 Å². The normalized spacial score (nSPS) is 24.0. The topological polar surface area (TPSA) is 78.4 Å². The number of hydrogen-bond acceptors (Lipinski definition) is 3. The Morgan fingerprint density at radius 3 is 1.57 bits per heavy atom. The van der Waals surface area contributed by atoms with Crippen LogP contribution in [0.4, 0.5) is 0 Å². The van der Waals surface area contributed by atoms with Gasteiger partial charge in [-0.15, -0.1) is 0 Å². The van der Waals surface area contributed by atoms with Crippen LogP contribution >= 0.6 is 0 Å². The van der Waals surface area contributed by atoms with Gasteiger partial charge in [-0.2, -0.15) is 0 Å². The number of benzene rings is 1. The highest BCUT2D eigenvalue weighted by Gasteiger charge is 2.24. The number of rotatable bonds is 5. The second kappa shape index (κ2) is 7.13. The highest BCUT2D eigenvalue weighted by Crippen LogP contribution is 2.24. The Hall–Kier alpha value is -1.88. The quantitative estimate of drug-likeness (QED) is 0.776. The summed E-state index contributed by atoms with van der Waals surface area (Å²) < 4.78 is 0. The van der Waals surface area contributed by atoms with E-state index in [1.165, 1.54) is 0 Å². The summed E-state index contributed by atoms with van der Waals surface area (Å²) in [7, 11) is 0. The zero-order chi connectivity index (χ0) is 16.2. The largest absolute Gasteiger partial charge is 0.396 e. The van der Waals surface area contributed by atoms with Gasteiger partial charge in [-0.3, -0.25) is 9.59 Å². The molecule has 5 nitrogen and oxygen atoms in total. The third-order valence-electron chi connectivity index (χ3n) is 4.76. The molecule has 124 valence electrons. The summed E-state index contributed by atoms with van der Waals surface area (Å²) in [6.45, 7) is 0.241. The summed E-state index contributed by atoms with van der Waals surface area (Å²) in [4.78, 5) is 24.2. The Bertz CT molecular complexity index is 558. The fourth-order valence-electron chi connectivity index (χ4n) is 3.03. The van der Waals surface area contributed by atoms with Crippen LogP contribution in [-0.4, -0.2) is 35.6 Å². The van der Waals surface area contributed by atoms with Gasteiger partial charge >= 0.3 is 0 Å². The van der Waals surface area contributed by atoms with Crippen molar-refractivity contribution in [2.45, 2.75) is 50.6 Å². The fourth-order valence-corrected chi connectivity index (χ4v) is 3.03. The molecule has 0 spiro atoms. The van der Waals surface area contributed by atoms with Gasteiger partial charge in [-0.1, -0.05) is 0 Å². The smallest absolute Gasteiger partial charge is 0.251 e. The number of carbonyl (C=O) groups is 2. The number of hydrogen-bond donors (Lipinski definition) is 3. The van der Waals surface area contributed by atoms with Crippen molar-refractivity contribution in [3.8, 4) is 0 Å². The lowest BCUT2D eigenvalue weighted by molar-refractivity contribution is 0.0910. The van der Waals surface area contributed by atoms with Crippen molar-refractivity contribution in [3.63, 3.8) is 0 Å². The van der Waals surface area contributed by atoms with Crippen LogP contribution in [0.25, 0.3) is 0 Å². The molecule has 3 rings (SSSR count). The van der Waals surface area contributed by atoms with E-state index in [0.29, 0.717) is 23.1 Å². The minimum Gasteiger partial charge on any atom is -0.396 e. The Kier molecular flexibility index (Phi) is 4.96. The first-order chi connectivity index (χ1) is 11.2. The zero-order valence-corrected chi connectivity index (χ0v) is 13.3. The van der Waals surface area contributed by atoms with Crippen LogP contribution in [0.3, 0.4) is 0 Å². The molecule has 5 heteroatoms. The van der Waals surface area contributed by atoms with Crippen LogP contribution in [0.5, 0.6) is 0 Å². The van der Waals surface area contributed by atoms with E-state index in [-0.39, 0.29) is 24.5 Å². The van der Waals surface area contributed by atoms with Crippen LogP contribution in [0.2, 0.25) is 0 Å². The van der Waals surface area contributed by atoms with Gasteiger partial charge in [-0.05, 0) is 68.7 Å². The van der Waals surface area contributed by atoms with Crippen molar-refractivity contribution in [1.82, 2.24) is 10.6 Å². The van der Waals surface area contributed by atoms with E-state index in [0.717, 1.165) is 38.5 Å². The van der Waals surface area contributed by atoms with E-state index in [4.69, 9.17) is 5.11 Å².